The summed E-state index contributed by atoms with van der Waals surface area (Å²) >= 11 is 0. The minimum absolute atomic E-state index is 0.171. The molecule has 1 unspecified atom stereocenters. The first-order chi connectivity index (χ1) is 11.8. The van der Waals surface area contributed by atoms with Gasteiger partial charge in [-0.3, -0.25) is 24.8 Å². The highest BCUT2D eigenvalue weighted by Crippen LogP contribution is 2.16. The lowest BCUT2D eigenvalue weighted by Crippen LogP contribution is -2.54. The molecule has 0 saturated carbocycles. The van der Waals surface area contributed by atoms with E-state index >= 15 is 0 Å². The summed E-state index contributed by atoms with van der Waals surface area (Å²) in [7, 11) is 2.11. The van der Waals surface area contributed by atoms with Crippen LogP contribution in [-0.2, 0) is 0 Å². The van der Waals surface area contributed by atoms with Crippen molar-refractivity contribution in [2.75, 3.05) is 39.8 Å². The molecular weight excluding hydrogens is 322 g/mol. The Kier molecular flexibility index (Phi) is 6.44. The van der Waals surface area contributed by atoms with Crippen molar-refractivity contribution < 1.29 is 9.72 Å². The molecule has 1 aromatic heterocycles. The van der Waals surface area contributed by atoms with Gasteiger partial charge >= 0.3 is 0 Å². The summed E-state index contributed by atoms with van der Waals surface area (Å²) in [4.78, 5) is 31.5. The summed E-state index contributed by atoms with van der Waals surface area (Å²) in [5.74, 6) is 0.0847. The smallest absolute Gasteiger partial charge is 0.288 e. The average molecular weight is 349 g/mol. The van der Waals surface area contributed by atoms with Crippen LogP contribution in [0.25, 0.3) is 0 Å². The molecule has 0 spiro atoms. The number of nitrogens with one attached hydrogen (secondary N) is 1. The Morgan fingerprint density at radius 1 is 1.36 bits per heavy atom. The van der Waals surface area contributed by atoms with Gasteiger partial charge in [-0.1, -0.05) is 13.8 Å². The number of pyridine rings is 1. The molecule has 2 rings (SSSR count). The Balaban J connectivity index is 2.04. The van der Waals surface area contributed by atoms with Crippen molar-refractivity contribution in [2.24, 2.45) is 5.92 Å². The Hall–Kier alpha value is -2.06. The molecule has 8 nitrogen and oxygen atoms in total. The predicted molar refractivity (Wildman–Crippen MR) is 95.7 cm³/mol. The van der Waals surface area contributed by atoms with E-state index in [0.29, 0.717) is 18.2 Å². The number of likely N-dealkylation sites (N-methyl/N-ethyl adjacent to an activating group) is 1. The zero-order valence-corrected chi connectivity index (χ0v) is 15.4. The van der Waals surface area contributed by atoms with Crippen molar-refractivity contribution in [1.82, 2.24) is 20.1 Å². The molecule has 1 atom stereocenters. The first-order valence-corrected chi connectivity index (χ1v) is 8.61. The van der Waals surface area contributed by atoms with Crippen LogP contribution >= 0.6 is 0 Å². The summed E-state index contributed by atoms with van der Waals surface area (Å²) < 4.78 is 0. The lowest BCUT2D eigenvalue weighted by molar-refractivity contribution is -0.385. The van der Waals surface area contributed by atoms with E-state index in [1.54, 1.807) is 6.92 Å². The number of aromatic nitrogens is 1. The van der Waals surface area contributed by atoms with Crippen LogP contribution < -0.4 is 5.32 Å². The summed E-state index contributed by atoms with van der Waals surface area (Å²) in [5, 5.41) is 13.8. The average Bonchev–Trinajstić information content (AvgIpc) is 2.56. The number of carbonyl (C=O) groups is 1. The molecule has 8 heteroatoms. The maximum Gasteiger partial charge on any atom is 0.288 e. The van der Waals surface area contributed by atoms with Crippen molar-refractivity contribution in [2.45, 2.75) is 26.8 Å². The van der Waals surface area contributed by atoms with Crippen molar-refractivity contribution >= 4 is 11.6 Å². The van der Waals surface area contributed by atoms with Crippen LogP contribution in [-0.4, -0.2) is 71.4 Å². The highest BCUT2D eigenvalue weighted by atomic mass is 16.6. The van der Waals surface area contributed by atoms with Crippen molar-refractivity contribution in [1.29, 1.82) is 0 Å². The van der Waals surface area contributed by atoms with Gasteiger partial charge in [0.05, 0.1) is 16.2 Å². The van der Waals surface area contributed by atoms with Crippen LogP contribution in [0.2, 0.25) is 0 Å². The van der Waals surface area contributed by atoms with E-state index in [4.69, 9.17) is 0 Å². The molecule has 1 N–H and O–H groups in total. The molecule has 0 aromatic carbocycles. The van der Waals surface area contributed by atoms with Crippen LogP contribution in [0, 0.1) is 23.0 Å². The van der Waals surface area contributed by atoms with Crippen LogP contribution in [0.3, 0.4) is 0 Å². The number of hydrogen-bond acceptors (Lipinski definition) is 6. The molecule has 1 saturated heterocycles. The number of amides is 1. The Morgan fingerprint density at radius 2 is 2.00 bits per heavy atom. The molecule has 1 aliphatic heterocycles. The summed E-state index contributed by atoms with van der Waals surface area (Å²) in [6, 6.07) is 1.53. The molecular formula is C17H27N5O3. The Morgan fingerprint density at radius 3 is 2.56 bits per heavy atom. The molecule has 138 valence electrons. The summed E-state index contributed by atoms with van der Waals surface area (Å²) in [5.41, 5.74) is 0.578. The number of rotatable bonds is 6. The molecule has 1 amide bonds. The maximum absolute atomic E-state index is 12.5. The van der Waals surface area contributed by atoms with E-state index in [0.717, 1.165) is 26.2 Å². The van der Waals surface area contributed by atoms with E-state index in [9.17, 15) is 14.9 Å². The van der Waals surface area contributed by atoms with Gasteiger partial charge in [-0.05, 0) is 19.9 Å². The lowest BCUT2D eigenvalue weighted by atomic mass is 10.0. The van der Waals surface area contributed by atoms with E-state index in [1.165, 1.54) is 12.3 Å². The van der Waals surface area contributed by atoms with E-state index in [2.05, 4.69) is 41.0 Å². The van der Waals surface area contributed by atoms with E-state index in [1.807, 2.05) is 0 Å². The van der Waals surface area contributed by atoms with Gasteiger partial charge in [-0.2, -0.15) is 0 Å². The third-order valence-corrected chi connectivity index (χ3v) is 4.78. The normalized spacial score (nSPS) is 17.5. The molecule has 0 radical (unpaired) electrons. The largest absolute Gasteiger partial charge is 0.350 e. The predicted octanol–water partition coefficient (Wildman–Crippen LogP) is 1.30. The van der Waals surface area contributed by atoms with Gasteiger partial charge in [0.25, 0.3) is 11.6 Å². The molecule has 25 heavy (non-hydrogen) atoms. The molecule has 2 heterocycles. The molecule has 0 aliphatic carbocycles. The van der Waals surface area contributed by atoms with Gasteiger partial charge in [0.2, 0.25) is 0 Å². The van der Waals surface area contributed by atoms with Gasteiger partial charge in [0.15, 0.2) is 0 Å². The second-order valence-corrected chi connectivity index (χ2v) is 6.94. The number of nitro groups is 1. The van der Waals surface area contributed by atoms with Gasteiger partial charge in [0.1, 0.15) is 6.20 Å². The number of aryl methyl sites for hydroxylation is 1. The second-order valence-electron chi connectivity index (χ2n) is 6.94. The van der Waals surface area contributed by atoms with Crippen LogP contribution in [0.15, 0.2) is 12.3 Å². The number of hydrogen-bond donors (Lipinski definition) is 1. The highest BCUT2D eigenvalue weighted by Gasteiger charge is 2.26. The minimum Gasteiger partial charge on any atom is -0.350 e. The second kappa shape index (κ2) is 8.35. The third-order valence-electron chi connectivity index (χ3n) is 4.78. The first-order valence-electron chi connectivity index (χ1n) is 8.61. The zero-order chi connectivity index (χ0) is 18.6. The van der Waals surface area contributed by atoms with Gasteiger partial charge in [-0.25, -0.2) is 0 Å². The summed E-state index contributed by atoms with van der Waals surface area (Å²) in [6.07, 6.45) is 1.17. The van der Waals surface area contributed by atoms with Gasteiger partial charge in [0, 0.05) is 44.8 Å². The SMILES string of the molecule is Cc1ncc([N+](=O)[O-])cc1C(=O)NCC(C(C)C)N1CCN(C)CC1. The monoisotopic (exact) mass is 349 g/mol. The van der Waals surface area contributed by atoms with Gasteiger partial charge in [-0.15, -0.1) is 0 Å². The fourth-order valence-corrected chi connectivity index (χ4v) is 3.08. The quantitative estimate of drug-likeness (QED) is 0.615. The van der Waals surface area contributed by atoms with Gasteiger partial charge < -0.3 is 10.2 Å². The standard InChI is InChI=1S/C17H27N5O3/c1-12(2)16(21-7-5-20(4)6-8-21)11-19-17(23)15-9-14(22(24)25)10-18-13(15)3/h9-10,12,16H,5-8,11H2,1-4H3,(H,19,23). The first kappa shape index (κ1) is 19.3. The topological polar surface area (TPSA) is 91.6 Å². The Labute approximate surface area is 148 Å². The number of nitrogens with zero attached hydrogens (tertiary/aromatic N) is 4. The molecule has 1 fully saturated rings. The van der Waals surface area contributed by atoms with E-state index < -0.39 is 4.92 Å². The van der Waals surface area contributed by atoms with Crippen LogP contribution in [0.4, 0.5) is 5.69 Å². The van der Waals surface area contributed by atoms with Crippen molar-refractivity contribution in [3.63, 3.8) is 0 Å². The number of piperazine rings is 1. The molecule has 0 bridgehead atoms. The third kappa shape index (κ3) is 4.96. The fraction of sp³-hybridized carbons (Fsp3) is 0.647. The van der Waals surface area contributed by atoms with Crippen molar-refractivity contribution in [3.05, 3.63) is 33.6 Å². The zero-order valence-electron chi connectivity index (χ0n) is 15.4. The number of carbonyl (C=O) groups excluding carboxylic acids is 1. The summed E-state index contributed by atoms with van der Waals surface area (Å²) in [6.45, 7) is 10.5. The Bertz CT molecular complexity index is 627. The maximum atomic E-state index is 12.5. The minimum atomic E-state index is -0.537. The molecule has 1 aliphatic rings. The molecule has 1 aromatic rings. The van der Waals surface area contributed by atoms with Crippen molar-refractivity contribution in [3.8, 4) is 0 Å². The van der Waals surface area contributed by atoms with Crippen LogP contribution in [0.5, 0.6) is 0 Å². The highest BCUT2D eigenvalue weighted by molar-refractivity contribution is 5.95. The van der Waals surface area contributed by atoms with E-state index in [-0.39, 0.29) is 23.2 Å². The lowest BCUT2D eigenvalue weighted by Gasteiger charge is -2.39. The van der Waals surface area contributed by atoms with Crippen LogP contribution in [0.1, 0.15) is 29.9 Å². The fourth-order valence-electron chi connectivity index (χ4n) is 3.08.